The van der Waals surface area contributed by atoms with Crippen LogP contribution in [0, 0.1) is 6.92 Å². The summed E-state index contributed by atoms with van der Waals surface area (Å²) in [4.78, 5) is 18.8. The van der Waals surface area contributed by atoms with E-state index in [9.17, 15) is 0 Å². The molecule has 0 spiro atoms. The molecule has 0 bridgehead atoms. The van der Waals surface area contributed by atoms with E-state index in [-0.39, 0.29) is 0 Å². The van der Waals surface area contributed by atoms with Crippen LogP contribution in [0.4, 0.5) is 5.82 Å². The van der Waals surface area contributed by atoms with Crippen LogP contribution in [0.3, 0.4) is 0 Å². The molecular formula is C21H25N5S2. The number of hydrogen-bond donors (Lipinski definition) is 0. The number of thiazole rings is 1. The zero-order valence-electron chi connectivity index (χ0n) is 16.1. The molecule has 146 valence electrons. The van der Waals surface area contributed by atoms with Crippen LogP contribution in [-0.2, 0) is 12.3 Å². The van der Waals surface area contributed by atoms with Gasteiger partial charge in [0.05, 0.1) is 23.1 Å². The summed E-state index contributed by atoms with van der Waals surface area (Å²) >= 11 is 3.48. The molecule has 7 heteroatoms. The van der Waals surface area contributed by atoms with E-state index in [1.54, 1.807) is 23.1 Å². The standard InChI is InChI=1S/C21H25N5S2/c1-17-23-19(16-27-17)14-25-8-5-9-26(11-10-25)20-12-22-13-21(24-20)28-15-18-6-3-2-4-7-18/h2-4,6-7,12-13,16H,5,8-11,14-15H2,1H3. The molecule has 0 aliphatic carbocycles. The third-order valence-corrected chi connectivity index (χ3v) is 6.59. The molecule has 1 aliphatic heterocycles. The lowest BCUT2D eigenvalue weighted by atomic mass is 10.2. The second-order valence-corrected chi connectivity index (χ2v) is 9.02. The van der Waals surface area contributed by atoms with E-state index in [1.165, 1.54) is 11.3 Å². The molecule has 1 aromatic carbocycles. The molecule has 3 heterocycles. The molecule has 28 heavy (non-hydrogen) atoms. The highest BCUT2D eigenvalue weighted by atomic mass is 32.2. The highest BCUT2D eigenvalue weighted by molar-refractivity contribution is 7.98. The molecule has 0 amide bonds. The lowest BCUT2D eigenvalue weighted by Crippen LogP contribution is -2.31. The van der Waals surface area contributed by atoms with E-state index in [1.807, 2.05) is 18.5 Å². The van der Waals surface area contributed by atoms with Gasteiger partial charge in [0.15, 0.2) is 0 Å². The van der Waals surface area contributed by atoms with Crippen LogP contribution < -0.4 is 4.90 Å². The maximum atomic E-state index is 4.86. The van der Waals surface area contributed by atoms with E-state index in [4.69, 9.17) is 4.98 Å². The summed E-state index contributed by atoms with van der Waals surface area (Å²) < 4.78 is 0. The third-order valence-electron chi connectivity index (χ3n) is 4.79. The first-order valence-electron chi connectivity index (χ1n) is 9.63. The molecule has 2 aromatic heterocycles. The Bertz CT molecular complexity index is 883. The van der Waals surface area contributed by atoms with Crippen LogP contribution >= 0.6 is 23.1 Å². The van der Waals surface area contributed by atoms with Crippen molar-refractivity contribution in [3.8, 4) is 0 Å². The minimum absolute atomic E-state index is 0.916. The summed E-state index contributed by atoms with van der Waals surface area (Å²) in [7, 11) is 0. The fraction of sp³-hybridized carbons (Fsp3) is 0.381. The van der Waals surface area contributed by atoms with Crippen molar-refractivity contribution in [2.24, 2.45) is 0 Å². The largest absolute Gasteiger partial charge is 0.354 e. The van der Waals surface area contributed by atoms with Gasteiger partial charge in [-0.15, -0.1) is 23.1 Å². The van der Waals surface area contributed by atoms with Gasteiger partial charge >= 0.3 is 0 Å². The van der Waals surface area contributed by atoms with Gasteiger partial charge in [0.25, 0.3) is 0 Å². The molecule has 0 unspecified atom stereocenters. The fourth-order valence-corrected chi connectivity index (χ4v) is 4.76. The maximum absolute atomic E-state index is 4.86. The molecule has 5 nitrogen and oxygen atoms in total. The van der Waals surface area contributed by atoms with E-state index >= 15 is 0 Å². The lowest BCUT2D eigenvalue weighted by molar-refractivity contribution is 0.282. The third kappa shape index (κ3) is 5.31. The average molecular weight is 412 g/mol. The van der Waals surface area contributed by atoms with Crippen LogP contribution in [0.5, 0.6) is 0 Å². The first kappa shape index (κ1) is 19.4. The first-order chi connectivity index (χ1) is 13.8. The SMILES string of the molecule is Cc1nc(CN2CCCN(c3cncc(SCc4ccccc4)n3)CC2)cs1. The van der Waals surface area contributed by atoms with Gasteiger partial charge in [-0.1, -0.05) is 30.3 Å². The van der Waals surface area contributed by atoms with E-state index in [0.717, 1.165) is 60.7 Å². The average Bonchev–Trinajstić information content (AvgIpc) is 2.99. The Labute approximate surface area is 174 Å². The van der Waals surface area contributed by atoms with Gasteiger partial charge in [-0.3, -0.25) is 9.88 Å². The normalized spacial score (nSPS) is 15.5. The van der Waals surface area contributed by atoms with Crippen LogP contribution in [0.1, 0.15) is 22.7 Å². The molecule has 1 fully saturated rings. The van der Waals surface area contributed by atoms with Gasteiger partial charge in [0.1, 0.15) is 10.8 Å². The van der Waals surface area contributed by atoms with Gasteiger partial charge in [-0.2, -0.15) is 0 Å². The number of nitrogens with zero attached hydrogens (tertiary/aromatic N) is 5. The van der Waals surface area contributed by atoms with Crippen molar-refractivity contribution in [3.63, 3.8) is 0 Å². The summed E-state index contributed by atoms with van der Waals surface area (Å²) in [6, 6.07) is 10.5. The van der Waals surface area contributed by atoms with Gasteiger partial charge < -0.3 is 4.90 Å². The van der Waals surface area contributed by atoms with Crippen LogP contribution in [-0.4, -0.2) is 46.0 Å². The summed E-state index contributed by atoms with van der Waals surface area (Å²) in [5, 5.41) is 4.31. The minimum Gasteiger partial charge on any atom is -0.354 e. The summed E-state index contributed by atoms with van der Waals surface area (Å²) in [6.07, 6.45) is 4.89. The van der Waals surface area contributed by atoms with Gasteiger partial charge in [0, 0.05) is 43.9 Å². The van der Waals surface area contributed by atoms with E-state index in [2.05, 4.69) is 56.3 Å². The molecule has 0 atom stereocenters. The summed E-state index contributed by atoms with van der Waals surface area (Å²) in [5.41, 5.74) is 2.50. The van der Waals surface area contributed by atoms with Crippen molar-refractivity contribution in [3.05, 3.63) is 64.4 Å². The molecule has 0 N–H and O–H groups in total. The van der Waals surface area contributed by atoms with Gasteiger partial charge in [-0.25, -0.2) is 9.97 Å². The van der Waals surface area contributed by atoms with Gasteiger partial charge in [0.2, 0.25) is 0 Å². The second-order valence-electron chi connectivity index (χ2n) is 6.96. The molecular weight excluding hydrogens is 386 g/mol. The number of anilines is 1. The highest BCUT2D eigenvalue weighted by Crippen LogP contribution is 2.23. The predicted molar refractivity (Wildman–Crippen MR) is 117 cm³/mol. The molecule has 3 aromatic rings. The first-order valence-corrected chi connectivity index (χ1v) is 11.5. The number of hydrogen-bond acceptors (Lipinski definition) is 7. The smallest absolute Gasteiger partial charge is 0.148 e. The Morgan fingerprint density at radius 2 is 1.93 bits per heavy atom. The Kier molecular flexibility index (Phi) is 6.57. The Balaban J connectivity index is 1.35. The number of rotatable bonds is 6. The number of benzene rings is 1. The highest BCUT2D eigenvalue weighted by Gasteiger charge is 2.17. The zero-order chi connectivity index (χ0) is 19.2. The zero-order valence-corrected chi connectivity index (χ0v) is 17.8. The van der Waals surface area contributed by atoms with Crippen LogP contribution in [0.2, 0.25) is 0 Å². The monoisotopic (exact) mass is 411 g/mol. The fourth-order valence-electron chi connectivity index (χ4n) is 3.36. The van der Waals surface area contributed by atoms with Crippen molar-refractivity contribution in [2.45, 2.75) is 30.7 Å². The summed E-state index contributed by atoms with van der Waals surface area (Å²) in [6.45, 7) is 7.14. The Morgan fingerprint density at radius 1 is 1.04 bits per heavy atom. The van der Waals surface area contributed by atoms with Gasteiger partial charge in [-0.05, 0) is 18.9 Å². The molecule has 1 aliphatic rings. The van der Waals surface area contributed by atoms with Crippen molar-refractivity contribution in [1.82, 2.24) is 19.9 Å². The number of aryl methyl sites for hydroxylation is 1. The van der Waals surface area contributed by atoms with Crippen LogP contribution in [0.25, 0.3) is 0 Å². The molecule has 0 radical (unpaired) electrons. The quantitative estimate of drug-likeness (QED) is 0.565. The maximum Gasteiger partial charge on any atom is 0.148 e. The summed E-state index contributed by atoms with van der Waals surface area (Å²) in [5.74, 6) is 1.91. The van der Waals surface area contributed by atoms with E-state index in [0.29, 0.717) is 0 Å². The number of thioether (sulfide) groups is 1. The van der Waals surface area contributed by atoms with Crippen molar-refractivity contribution in [1.29, 1.82) is 0 Å². The topological polar surface area (TPSA) is 45.2 Å². The second kappa shape index (κ2) is 9.49. The van der Waals surface area contributed by atoms with Crippen molar-refractivity contribution in [2.75, 3.05) is 31.1 Å². The van der Waals surface area contributed by atoms with Crippen molar-refractivity contribution < 1.29 is 0 Å². The predicted octanol–water partition coefficient (Wildman–Crippen LogP) is 4.25. The van der Waals surface area contributed by atoms with Crippen molar-refractivity contribution >= 4 is 28.9 Å². The van der Waals surface area contributed by atoms with Crippen LogP contribution in [0.15, 0.2) is 53.1 Å². The Hall–Kier alpha value is -1.96. The molecule has 0 saturated carbocycles. The minimum atomic E-state index is 0.916. The van der Waals surface area contributed by atoms with E-state index < -0.39 is 0 Å². The number of aromatic nitrogens is 3. The molecule has 4 rings (SSSR count). The molecule has 1 saturated heterocycles. The lowest BCUT2D eigenvalue weighted by Gasteiger charge is -2.22. The Morgan fingerprint density at radius 3 is 2.75 bits per heavy atom.